The highest BCUT2D eigenvalue weighted by molar-refractivity contribution is 9.10. The largest absolute Gasteiger partial charge is 0.382 e. The minimum atomic E-state index is 0.158. The molecule has 2 atom stereocenters. The van der Waals surface area contributed by atoms with Crippen LogP contribution in [0.2, 0.25) is 0 Å². The Kier molecular flexibility index (Phi) is 8.82. The minimum absolute atomic E-state index is 0.158. The lowest BCUT2D eigenvalue weighted by molar-refractivity contribution is -0.121. The highest BCUT2D eigenvalue weighted by Gasteiger charge is 2.20. The molecule has 5 heteroatoms. The average molecular weight is 486 g/mol. The number of hydrogen-bond donors (Lipinski definition) is 1. The summed E-state index contributed by atoms with van der Waals surface area (Å²) in [5.41, 5.74) is 3.72. The van der Waals surface area contributed by atoms with Crippen LogP contribution in [-0.4, -0.2) is 38.0 Å². The molecule has 4 nitrogen and oxygen atoms in total. The van der Waals surface area contributed by atoms with Crippen LogP contribution in [0.5, 0.6) is 0 Å². The van der Waals surface area contributed by atoms with Crippen molar-refractivity contribution in [3.63, 3.8) is 0 Å². The Labute approximate surface area is 196 Å². The number of carbonyl (C=O) groups is 1. The number of piperazine rings is 1. The van der Waals surface area contributed by atoms with Crippen LogP contribution in [0, 0.1) is 5.92 Å². The second kappa shape index (κ2) is 11.6. The highest BCUT2D eigenvalue weighted by atomic mass is 79.9. The van der Waals surface area contributed by atoms with Crippen LogP contribution < -0.4 is 15.1 Å². The number of ketones is 1. The molecular formula is C26H36BrN3O. The number of anilines is 3. The Bertz CT molecular complexity index is 814. The summed E-state index contributed by atoms with van der Waals surface area (Å²) in [6.07, 6.45) is 4.04. The molecule has 0 bridgehead atoms. The molecule has 3 rings (SSSR count). The fraction of sp³-hybridized carbons (Fsp3) is 0.500. The fourth-order valence-corrected chi connectivity index (χ4v) is 4.70. The van der Waals surface area contributed by atoms with E-state index in [2.05, 4.69) is 93.4 Å². The smallest absolute Gasteiger partial charge is 0.132 e. The number of Topliss-reactive ketones (excluding diaryl/α,β-unsaturated/α-hetero) is 1. The number of nitrogens with one attached hydrogen (secondary N) is 1. The average Bonchev–Trinajstić information content (AvgIpc) is 2.78. The van der Waals surface area contributed by atoms with Crippen LogP contribution in [0.15, 0.2) is 53.0 Å². The number of nitrogens with zero attached hydrogens (tertiary/aromatic N) is 2. The number of benzene rings is 2. The van der Waals surface area contributed by atoms with Crippen molar-refractivity contribution in [3.05, 3.63) is 53.0 Å². The van der Waals surface area contributed by atoms with E-state index >= 15 is 0 Å². The van der Waals surface area contributed by atoms with E-state index in [0.717, 1.165) is 62.0 Å². The van der Waals surface area contributed by atoms with E-state index < -0.39 is 0 Å². The lowest BCUT2D eigenvalue weighted by atomic mass is 9.91. The van der Waals surface area contributed by atoms with Gasteiger partial charge in [-0.15, -0.1) is 0 Å². The van der Waals surface area contributed by atoms with Gasteiger partial charge in [-0.1, -0.05) is 36.2 Å². The molecule has 0 aromatic heterocycles. The van der Waals surface area contributed by atoms with Gasteiger partial charge < -0.3 is 15.1 Å². The van der Waals surface area contributed by atoms with Gasteiger partial charge in [-0.3, -0.25) is 4.79 Å². The van der Waals surface area contributed by atoms with Crippen molar-refractivity contribution in [2.45, 2.75) is 52.5 Å². The molecule has 31 heavy (non-hydrogen) atoms. The molecule has 168 valence electrons. The standard InChI is InChI=1S/C26H36BrN3O/c1-4-6-24(19-21(5-2)20(3)31)28-23-9-13-26(14-10-23)30-17-15-29(16-18-30)25-11-7-22(27)8-12-25/h7-14,21,24,28H,4-6,15-19H2,1-3H3. The van der Waals surface area contributed by atoms with Gasteiger partial charge >= 0.3 is 0 Å². The maximum Gasteiger partial charge on any atom is 0.132 e. The van der Waals surface area contributed by atoms with E-state index in [9.17, 15) is 4.79 Å². The van der Waals surface area contributed by atoms with E-state index in [-0.39, 0.29) is 5.92 Å². The molecule has 2 unspecified atom stereocenters. The SMILES string of the molecule is CCCC(CC(CC)C(C)=O)Nc1ccc(N2CCN(c3ccc(Br)cc3)CC2)cc1. The Morgan fingerprint density at radius 2 is 1.45 bits per heavy atom. The first kappa shape index (κ1) is 23.6. The van der Waals surface area contributed by atoms with Crippen LogP contribution in [0.4, 0.5) is 17.1 Å². The van der Waals surface area contributed by atoms with Crippen LogP contribution in [0.1, 0.15) is 46.5 Å². The predicted octanol–water partition coefficient (Wildman–Crippen LogP) is 6.36. The van der Waals surface area contributed by atoms with Crippen LogP contribution in [0.25, 0.3) is 0 Å². The maximum absolute atomic E-state index is 11.9. The predicted molar refractivity (Wildman–Crippen MR) is 136 cm³/mol. The molecular weight excluding hydrogens is 450 g/mol. The number of carbonyl (C=O) groups excluding carboxylic acids is 1. The molecule has 0 radical (unpaired) electrons. The van der Waals surface area contributed by atoms with Crippen LogP contribution >= 0.6 is 15.9 Å². The first-order chi connectivity index (χ1) is 15.0. The molecule has 0 aliphatic carbocycles. The molecule has 0 spiro atoms. The maximum atomic E-state index is 11.9. The highest BCUT2D eigenvalue weighted by Crippen LogP contribution is 2.25. The molecule has 1 N–H and O–H groups in total. The molecule has 2 aromatic rings. The van der Waals surface area contributed by atoms with Crippen molar-refractivity contribution >= 4 is 38.8 Å². The first-order valence-corrected chi connectivity index (χ1v) is 12.4. The topological polar surface area (TPSA) is 35.6 Å². The first-order valence-electron chi connectivity index (χ1n) is 11.6. The van der Waals surface area contributed by atoms with Crippen molar-refractivity contribution in [1.82, 2.24) is 0 Å². The van der Waals surface area contributed by atoms with E-state index in [4.69, 9.17) is 0 Å². The van der Waals surface area contributed by atoms with E-state index in [1.165, 1.54) is 11.4 Å². The second-order valence-electron chi connectivity index (χ2n) is 8.58. The summed E-state index contributed by atoms with van der Waals surface area (Å²) in [6, 6.07) is 17.8. The second-order valence-corrected chi connectivity index (χ2v) is 9.49. The summed E-state index contributed by atoms with van der Waals surface area (Å²) in [5, 5.41) is 3.68. The Morgan fingerprint density at radius 1 is 0.935 bits per heavy atom. The third kappa shape index (κ3) is 6.73. The third-order valence-electron chi connectivity index (χ3n) is 6.35. The third-order valence-corrected chi connectivity index (χ3v) is 6.88. The minimum Gasteiger partial charge on any atom is -0.382 e. The number of halogens is 1. The van der Waals surface area contributed by atoms with E-state index in [1.54, 1.807) is 6.92 Å². The summed E-state index contributed by atoms with van der Waals surface area (Å²) >= 11 is 3.51. The van der Waals surface area contributed by atoms with Gasteiger partial charge in [0.15, 0.2) is 0 Å². The Hall–Kier alpha value is -2.01. The monoisotopic (exact) mass is 485 g/mol. The summed E-state index contributed by atoms with van der Waals surface area (Å²) in [4.78, 5) is 16.8. The van der Waals surface area contributed by atoms with Crippen molar-refractivity contribution in [3.8, 4) is 0 Å². The Balaban J connectivity index is 1.55. The van der Waals surface area contributed by atoms with Gasteiger partial charge in [0.05, 0.1) is 0 Å². The molecule has 1 aliphatic rings. The lowest BCUT2D eigenvalue weighted by Crippen LogP contribution is -2.46. The normalized spacial score (nSPS) is 16.1. The Morgan fingerprint density at radius 3 is 1.90 bits per heavy atom. The van der Waals surface area contributed by atoms with Gasteiger partial charge in [-0.2, -0.15) is 0 Å². The molecule has 1 aliphatic heterocycles. The van der Waals surface area contributed by atoms with Crippen molar-refractivity contribution in [2.24, 2.45) is 5.92 Å². The summed E-state index contributed by atoms with van der Waals surface area (Å²) in [5.74, 6) is 0.466. The van der Waals surface area contributed by atoms with Gasteiger partial charge in [-0.05, 0) is 74.7 Å². The van der Waals surface area contributed by atoms with Crippen LogP contribution in [0.3, 0.4) is 0 Å². The van der Waals surface area contributed by atoms with E-state index in [1.807, 2.05) is 0 Å². The quantitative estimate of drug-likeness (QED) is 0.424. The van der Waals surface area contributed by atoms with Gasteiger partial charge in [-0.25, -0.2) is 0 Å². The van der Waals surface area contributed by atoms with Gasteiger partial charge in [0.25, 0.3) is 0 Å². The van der Waals surface area contributed by atoms with Crippen LogP contribution in [-0.2, 0) is 4.79 Å². The number of hydrogen-bond acceptors (Lipinski definition) is 4. The molecule has 1 fully saturated rings. The fourth-order valence-electron chi connectivity index (χ4n) is 4.44. The van der Waals surface area contributed by atoms with E-state index in [0.29, 0.717) is 11.8 Å². The zero-order chi connectivity index (χ0) is 22.2. The molecule has 1 heterocycles. The summed E-state index contributed by atoms with van der Waals surface area (Å²) in [7, 11) is 0. The van der Waals surface area contributed by atoms with Gasteiger partial charge in [0.1, 0.15) is 5.78 Å². The number of rotatable bonds is 10. The molecule has 0 saturated carbocycles. The van der Waals surface area contributed by atoms with Gasteiger partial charge in [0, 0.05) is 59.7 Å². The van der Waals surface area contributed by atoms with Crippen molar-refractivity contribution < 1.29 is 4.79 Å². The lowest BCUT2D eigenvalue weighted by Gasteiger charge is -2.37. The zero-order valence-corrected chi connectivity index (χ0v) is 20.7. The van der Waals surface area contributed by atoms with Gasteiger partial charge in [0.2, 0.25) is 0 Å². The molecule has 1 saturated heterocycles. The van der Waals surface area contributed by atoms with Crippen molar-refractivity contribution in [1.29, 1.82) is 0 Å². The molecule has 2 aromatic carbocycles. The van der Waals surface area contributed by atoms with Crippen molar-refractivity contribution in [2.75, 3.05) is 41.3 Å². The zero-order valence-electron chi connectivity index (χ0n) is 19.1. The summed E-state index contributed by atoms with van der Waals surface area (Å²) in [6.45, 7) is 10.2. The summed E-state index contributed by atoms with van der Waals surface area (Å²) < 4.78 is 1.12. The molecule has 0 amide bonds.